The fourth-order valence-electron chi connectivity index (χ4n) is 1.23. The van der Waals surface area contributed by atoms with E-state index in [1.807, 2.05) is 25.1 Å². The third-order valence-electron chi connectivity index (χ3n) is 1.94. The third kappa shape index (κ3) is 1.33. The lowest BCUT2D eigenvalue weighted by Gasteiger charge is -2.02. The second-order valence-corrected chi connectivity index (χ2v) is 3.01. The summed E-state index contributed by atoms with van der Waals surface area (Å²) in [4.78, 5) is 5.22. The summed E-state index contributed by atoms with van der Waals surface area (Å²) in [5.41, 5.74) is 0. The summed E-state index contributed by atoms with van der Waals surface area (Å²) in [6.07, 6.45) is 3.29. The van der Waals surface area contributed by atoms with Crippen molar-refractivity contribution < 1.29 is 4.84 Å². The van der Waals surface area contributed by atoms with Crippen molar-refractivity contribution in [2.45, 2.75) is 19.4 Å². The van der Waals surface area contributed by atoms with E-state index < -0.39 is 0 Å². The van der Waals surface area contributed by atoms with Crippen molar-refractivity contribution in [3.05, 3.63) is 34.8 Å². The van der Waals surface area contributed by atoms with Gasteiger partial charge in [0.15, 0.2) is 0 Å². The van der Waals surface area contributed by atoms with Gasteiger partial charge in [0.2, 0.25) is 0 Å². The van der Waals surface area contributed by atoms with Gasteiger partial charge in [-0.15, -0.1) is 0 Å². The Morgan fingerprint density at radius 3 is 3.17 bits per heavy atom. The Labute approximate surface area is 71.2 Å². The smallest absolute Gasteiger partial charge is 0.128 e. The monoisotopic (exact) mass is 161 g/mol. The Bertz CT molecular complexity index is 346. The predicted molar refractivity (Wildman–Crippen MR) is 46.9 cm³/mol. The fourth-order valence-corrected chi connectivity index (χ4v) is 1.23. The molecule has 0 saturated heterocycles. The molecule has 0 aromatic heterocycles. The molecule has 0 spiro atoms. The fraction of sp³-hybridized carbons (Fsp3) is 0.300. The Morgan fingerprint density at radius 2 is 2.25 bits per heavy atom. The topological polar surface area (TPSA) is 21.6 Å². The first-order valence-electron chi connectivity index (χ1n) is 4.15. The second-order valence-electron chi connectivity index (χ2n) is 3.01. The van der Waals surface area contributed by atoms with Crippen molar-refractivity contribution >= 4 is 6.08 Å². The van der Waals surface area contributed by atoms with Crippen LogP contribution in [0.15, 0.2) is 29.4 Å². The van der Waals surface area contributed by atoms with E-state index in [1.165, 1.54) is 5.22 Å². The lowest BCUT2D eigenvalue weighted by Crippen LogP contribution is -2.22. The van der Waals surface area contributed by atoms with Gasteiger partial charge in [0.05, 0.1) is 0 Å². The average Bonchev–Trinajstić information content (AvgIpc) is 2.29. The number of benzene rings is 1. The van der Waals surface area contributed by atoms with Crippen LogP contribution < -0.4 is 10.6 Å². The molecule has 0 bridgehead atoms. The van der Waals surface area contributed by atoms with E-state index in [-0.39, 0.29) is 6.10 Å². The third-order valence-corrected chi connectivity index (χ3v) is 1.94. The van der Waals surface area contributed by atoms with Crippen LogP contribution in [-0.4, -0.2) is 6.10 Å². The normalized spacial score (nSPS) is 20.9. The minimum Gasteiger partial charge on any atom is -0.392 e. The first-order chi connectivity index (χ1) is 5.86. The Morgan fingerprint density at radius 1 is 1.42 bits per heavy atom. The lowest BCUT2D eigenvalue weighted by atomic mass is 10.2. The number of hydrogen-bond donors (Lipinski definition) is 0. The van der Waals surface area contributed by atoms with Crippen LogP contribution in [0.5, 0.6) is 0 Å². The van der Waals surface area contributed by atoms with Crippen molar-refractivity contribution in [1.29, 1.82) is 0 Å². The Kier molecular flexibility index (Phi) is 1.82. The van der Waals surface area contributed by atoms with Crippen molar-refractivity contribution in [2.24, 2.45) is 5.16 Å². The van der Waals surface area contributed by atoms with E-state index in [0.29, 0.717) is 0 Å². The molecule has 1 aromatic rings. The van der Waals surface area contributed by atoms with Gasteiger partial charge in [-0.05, 0) is 18.2 Å². The number of hydrogen-bond acceptors (Lipinski definition) is 2. The minimum absolute atomic E-state index is 0.192. The van der Waals surface area contributed by atoms with Gasteiger partial charge in [-0.25, -0.2) is 0 Å². The average molecular weight is 161 g/mol. The summed E-state index contributed by atoms with van der Waals surface area (Å²) >= 11 is 0. The van der Waals surface area contributed by atoms with Gasteiger partial charge in [0.25, 0.3) is 0 Å². The molecule has 62 valence electrons. The van der Waals surface area contributed by atoms with E-state index >= 15 is 0 Å². The zero-order valence-corrected chi connectivity index (χ0v) is 7.03. The van der Waals surface area contributed by atoms with Crippen molar-refractivity contribution in [3.63, 3.8) is 0 Å². The molecule has 1 heterocycles. The molecular weight excluding hydrogens is 150 g/mol. The predicted octanol–water partition coefficient (Wildman–Crippen LogP) is 0.810. The summed E-state index contributed by atoms with van der Waals surface area (Å²) in [5, 5.41) is 6.14. The molecule has 0 saturated carbocycles. The second kappa shape index (κ2) is 2.97. The largest absolute Gasteiger partial charge is 0.392 e. The van der Waals surface area contributed by atoms with Crippen molar-refractivity contribution in [2.75, 3.05) is 0 Å². The molecule has 1 aliphatic heterocycles. The van der Waals surface area contributed by atoms with Crippen molar-refractivity contribution in [1.82, 2.24) is 0 Å². The highest BCUT2D eigenvalue weighted by molar-refractivity contribution is 5.24. The highest BCUT2D eigenvalue weighted by Crippen LogP contribution is 1.99. The van der Waals surface area contributed by atoms with Gasteiger partial charge in [0.1, 0.15) is 11.5 Å². The summed E-state index contributed by atoms with van der Waals surface area (Å²) in [6, 6.07) is 8.00. The quantitative estimate of drug-likeness (QED) is 0.551. The summed E-state index contributed by atoms with van der Waals surface area (Å²) in [7, 11) is 0. The molecule has 0 amide bonds. The van der Waals surface area contributed by atoms with E-state index in [9.17, 15) is 0 Å². The molecule has 1 unspecified atom stereocenters. The Balaban J connectivity index is 2.61. The molecule has 1 aromatic carbocycles. The van der Waals surface area contributed by atoms with E-state index in [4.69, 9.17) is 4.84 Å². The van der Waals surface area contributed by atoms with Gasteiger partial charge in [-0.2, -0.15) is 0 Å². The van der Waals surface area contributed by atoms with Crippen LogP contribution in [0.1, 0.15) is 13.3 Å². The van der Waals surface area contributed by atoms with Crippen LogP contribution in [-0.2, 0) is 4.84 Å². The molecule has 0 fully saturated rings. The zero-order chi connectivity index (χ0) is 8.39. The number of nitrogens with zero attached hydrogens (tertiary/aromatic N) is 1. The standard InChI is InChI=1S/C10H11NO/c1-8-6-7-9-4-2-3-5-10(9)11-12-8/h2-5,7-8H,6H2,1H3. The first kappa shape index (κ1) is 7.35. The lowest BCUT2D eigenvalue weighted by molar-refractivity contribution is 0.0699. The van der Waals surface area contributed by atoms with Gasteiger partial charge in [-0.1, -0.05) is 29.4 Å². The van der Waals surface area contributed by atoms with E-state index in [0.717, 1.165) is 11.8 Å². The first-order valence-corrected chi connectivity index (χ1v) is 4.15. The maximum atomic E-state index is 5.22. The van der Waals surface area contributed by atoms with Crippen molar-refractivity contribution in [3.8, 4) is 0 Å². The molecule has 2 rings (SSSR count). The molecule has 1 atom stereocenters. The molecule has 12 heavy (non-hydrogen) atoms. The minimum atomic E-state index is 0.192. The number of rotatable bonds is 0. The van der Waals surface area contributed by atoms with Crippen LogP contribution in [0.25, 0.3) is 6.08 Å². The summed E-state index contributed by atoms with van der Waals surface area (Å²) in [6.45, 7) is 2.02. The summed E-state index contributed by atoms with van der Waals surface area (Å²) < 4.78 is 0. The molecular formula is C10H11NO. The molecule has 0 N–H and O–H groups in total. The number of fused-ring (bicyclic) bond motifs is 1. The van der Waals surface area contributed by atoms with Crippen LogP contribution in [0.2, 0.25) is 0 Å². The zero-order valence-electron chi connectivity index (χ0n) is 7.03. The summed E-state index contributed by atoms with van der Waals surface area (Å²) in [5.74, 6) is 0. The Hall–Kier alpha value is -1.31. The van der Waals surface area contributed by atoms with Gasteiger partial charge < -0.3 is 4.84 Å². The van der Waals surface area contributed by atoms with Gasteiger partial charge >= 0.3 is 0 Å². The van der Waals surface area contributed by atoms with E-state index in [2.05, 4.69) is 17.3 Å². The highest BCUT2D eigenvalue weighted by Gasteiger charge is 2.01. The van der Waals surface area contributed by atoms with Gasteiger partial charge in [0, 0.05) is 6.42 Å². The van der Waals surface area contributed by atoms with Crippen LogP contribution in [0, 0.1) is 0 Å². The maximum Gasteiger partial charge on any atom is 0.128 e. The molecule has 2 nitrogen and oxygen atoms in total. The van der Waals surface area contributed by atoms with Gasteiger partial charge in [-0.3, -0.25) is 0 Å². The highest BCUT2D eigenvalue weighted by atomic mass is 16.6. The molecule has 2 heteroatoms. The molecule has 1 aliphatic rings. The maximum absolute atomic E-state index is 5.22. The SMILES string of the molecule is CC1CC=c2ccccc2=NO1. The molecule has 0 radical (unpaired) electrons. The van der Waals surface area contributed by atoms with Crippen LogP contribution in [0.4, 0.5) is 0 Å². The van der Waals surface area contributed by atoms with E-state index in [1.54, 1.807) is 0 Å². The molecule has 0 aliphatic carbocycles. The van der Waals surface area contributed by atoms with Crippen LogP contribution in [0.3, 0.4) is 0 Å². The van der Waals surface area contributed by atoms with Crippen LogP contribution >= 0.6 is 0 Å².